The lowest BCUT2D eigenvalue weighted by Gasteiger charge is -2.14. The average molecular weight is 262 g/mol. The van der Waals surface area contributed by atoms with Crippen LogP contribution in [0.5, 0.6) is 11.5 Å². The Balaban J connectivity index is 0.00000256. The van der Waals surface area contributed by atoms with Crippen LogP contribution in [-0.2, 0) is 0 Å². The molecular weight excluding hydrogens is 242 g/mol. The van der Waals surface area contributed by atoms with Gasteiger partial charge in [0.25, 0.3) is 0 Å². The smallest absolute Gasteiger partial charge is 0.161 e. The summed E-state index contributed by atoms with van der Waals surface area (Å²) in [5, 5.41) is 8.83. The molecule has 1 aromatic carbocycles. The van der Waals surface area contributed by atoms with Crippen molar-refractivity contribution in [3.63, 3.8) is 0 Å². The largest absolute Gasteiger partial charge is 0.493 e. The predicted octanol–water partition coefficient (Wildman–Crippen LogP) is 1.90. The highest BCUT2D eigenvalue weighted by Gasteiger charge is 2.10. The SMILES string of the molecule is CCOc1ccc(C(N)CCO)cc1OC.Cl. The zero-order valence-electron chi connectivity index (χ0n) is 10.2. The van der Waals surface area contributed by atoms with Crippen molar-refractivity contribution in [3.8, 4) is 11.5 Å². The first-order valence-electron chi connectivity index (χ1n) is 5.40. The molecule has 17 heavy (non-hydrogen) atoms. The van der Waals surface area contributed by atoms with Crippen molar-refractivity contribution < 1.29 is 14.6 Å². The van der Waals surface area contributed by atoms with E-state index in [0.717, 1.165) is 5.56 Å². The number of ether oxygens (including phenoxy) is 2. The predicted molar refractivity (Wildman–Crippen MR) is 70.0 cm³/mol. The molecule has 1 aromatic rings. The lowest BCUT2D eigenvalue weighted by atomic mass is 10.0. The summed E-state index contributed by atoms with van der Waals surface area (Å²) in [6.45, 7) is 2.60. The molecule has 0 saturated heterocycles. The van der Waals surface area contributed by atoms with Crippen molar-refractivity contribution in [1.82, 2.24) is 0 Å². The number of halogens is 1. The first-order chi connectivity index (χ1) is 7.72. The third-order valence-corrected chi connectivity index (χ3v) is 2.36. The second kappa shape index (κ2) is 8.17. The van der Waals surface area contributed by atoms with Crippen LogP contribution in [0.2, 0.25) is 0 Å². The summed E-state index contributed by atoms with van der Waals surface area (Å²) in [5.74, 6) is 1.39. The molecule has 0 heterocycles. The van der Waals surface area contributed by atoms with Gasteiger partial charge in [0.2, 0.25) is 0 Å². The summed E-state index contributed by atoms with van der Waals surface area (Å²) in [6.07, 6.45) is 0.539. The van der Waals surface area contributed by atoms with Gasteiger partial charge in [-0.05, 0) is 31.0 Å². The van der Waals surface area contributed by atoms with Gasteiger partial charge in [-0.3, -0.25) is 0 Å². The fourth-order valence-electron chi connectivity index (χ4n) is 1.50. The molecule has 0 amide bonds. The number of methoxy groups -OCH3 is 1. The quantitative estimate of drug-likeness (QED) is 0.821. The van der Waals surface area contributed by atoms with Crippen LogP contribution < -0.4 is 15.2 Å². The molecule has 0 spiro atoms. The van der Waals surface area contributed by atoms with Gasteiger partial charge in [0, 0.05) is 12.6 Å². The van der Waals surface area contributed by atoms with Crippen LogP contribution in [0.3, 0.4) is 0 Å². The van der Waals surface area contributed by atoms with Crippen LogP contribution in [0.4, 0.5) is 0 Å². The monoisotopic (exact) mass is 261 g/mol. The molecule has 98 valence electrons. The maximum Gasteiger partial charge on any atom is 0.161 e. The van der Waals surface area contributed by atoms with E-state index in [2.05, 4.69) is 0 Å². The number of aliphatic hydroxyl groups excluding tert-OH is 1. The van der Waals surface area contributed by atoms with Gasteiger partial charge in [0.15, 0.2) is 11.5 Å². The Morgan fingerprint density at radius 3 is 2.59 bits per heavy atom. The van der Waals surface area contributed by atoms with Crippen molar-refractivity contribution in [1.29, 1.82) is 0 Å². The fourth-order valence-corrected chi connectivity index (χ4v) is 1.50. The molecule has 0 saturated carbocycles. The van der Waals surface area contributed by atoms with E-state index in [-0.39, 0.29) is 25.1 Å². The fraction of sp³-hybridized carbons (Fsp3) is 0.500. The van der Waals surface area contributed by atoms with Gasteiger partial charge in [-0.2, -0.15) is 0 Å². The lowest BCUT2D eigenvalue weighted by Crippen LogP contribution is -2.12. The molecule has 0 fully saturated rings. The summed E-state index contributed by atoms with van der Waals surface area (Å²) in [5.41, 5.74) is 6.84. The van der Waals surface area contributed by atoms with Gasteiger partial charge >= 0.3 is 0 Å². The molecule has 1 unspecified atom stereocenters. The average Bonchev–Trinajstić information content (AvgIpc) is 2.30. The summed E-state index contributed by atoms with van der Waals surface area (Å²) >= 11 is 0. The van der Waals surface area contributed by atoms with E-state index in [4.69, 9.17) is 20.3 Å². The number of hydrogen-bond donors (Lipinski definition) is 2. The minimum absolute atomic E-state index is 0. The topological polar surface area (TPSA) is 64.7 Å². The third kappa shape index (κ3) is 4.42. The maximum atomic E-state index is 8.83. The van der Waals surface area contributed by atoms with E-state index < -0.39 is 0 Å². The Morgan fingerprint density at radius 2 is 2.06 bits per heavy atom. The number of hydrogen-bond acceptors (Lipinski definition) is 4. The summed E-state index contributed by atoms with van der Waals surface area (Å²) < 4.78 is 10.6. The first kappa shape index (κ1) is 16.0. The Kier molecular flexibility index (Phi) is 7.70. The highest BCUT2D eigenvalue weighted by molar-refractivity contribution is 5.85. The normalized spacial score (nSPS) is 11.5. The molecule has 1 atom stereocenters. The van der Waals surface area contributed by atoms with Crippen molar-refractivity contribution in [2.24, 2.45) is 5.73 Å². The maximum absolute atomic E-state index is 8.83. The van der Waals surface area contributed by atoms with Crippen molar-refractivity contribution in [2.45, 2.75) is 19.4 Å². The van der Waals surface area contributed by atoms with E-state index >= 15 is 0 Å². The molecule has 0 bridgehead atoms. The van der Waals surface area contributed by atoms with E-state index in [1.807, 2.05) is 25.1 Å². The molecule has 0 aliphatic heterocycles. The van der Waals surface area contributed by atoms with Gasteiger partial charge in [-0.15, -0.1) is 12.4 Å². The number of nitrogens with two attached hydrogens (primary N) is 1. The Morgan fingerprint density at radius 1 is 1.35 bits per heavy atom. The van der Waals surface area contributed by atoms with Gasteiger partial charge < -0.3 is 20.3 Å². The molecule has 1 rings (SSSR count). The van der Waals surface area contributed by atoms with Crippen molar-refractivity contribution in [3.05, 3.63) is 23.8 Å². The highest BCUT2D eigenvalue weighted by Crippen LogP contribution is 2.30. The van der Waals surface area contributed by atoms with E-state index in [1.54, 1.807) is 7.11 Å². The van der Waals surface area contributed by atoms with E-state index in [1.165, 1.54) is 0 Å². The van der Waals surface area contributed by atoms with Crippen LogP contribution in [0.15, 0.2) is 18.2 Å². The van der Waals surface area contributed by atoms with Gasteiger partial charge in [-0.25, -0.2) is 0 Å². The van der Waals surface area contributed by atoms with E-state index in [9.17, 15) is 0 Å². The van der Waals surface area contributed by atoms with E-state index in [0.29, 0.717) is 24.5 Å². The molecule has 0 radical (unpaired) electrons. The number of aliphatic hydroxyl groups is 1. The van der Waals surface area contributed by atoms with Gasteiger partial charge in [0.05, 0.1) is 13.7 Å². The molecular formula is C12H20ClNO3. The Hall–Kier alpha value is -0.970. The van der Waals surface area contributed by atoms with Gasteiger partial charge in [0.1, 0.15) is 0 Å². The second-order valence-electron chi connectivity index (χ2n) is 3.46. The molecule has 5 heteroatoms. The summed E-state index contributed by atoms with van der Waals surface area (Å²) in [7, 11) is 1.60. The van der Waals surface area contributed by atoms with Gasteiger partial charge in [-0.1, -0.05) is 6.07 Å². The van der Waals surface area contributed by atoms with Crippen molar-refractivity contribution in [2.75, 3.05) is 20.3 Å². The Labute approximate surface area is 108 Å². The van der Waals surface area contributed by atoms with Crippen LogP contribution in [-0.4, -0.2) is 25.4 Å². The standard InChI is InChI=1S/C12H19NO3.ClH/c1-3-16-11-5-4-9(8-12(11)15-2)10(13)6-7-14;/h4-5,8,10,14H,3,6-7,13H2,1-2H3;1H. The van der Waals surface area contributed by atoms with Crippen molar-refractivity contribution >= 4 is 12.4 Å². The second-order valence-corrected chi connectivity index (χ2v) is 3.46. The summed E-state index contributed by atoms with van der Waals surface area (Å²) in [4.78, 5) is 0. The molecule has 4 nitrogen and oxygen atoms in total. The minimum atomic E-state index is -0.172. The minimum Gasteiger partial charge on any atom is -0.493 e. The highest BCUT2D eigenvalue weighted by atomic mass is 35.5. The lowest BCUT2D eigenvalue weighted by molar-refractivity contribution is 0.276. The van der Waals surface area contributed by atoms with Crippen LogP contribution >= 0.6 is 12.4 Å². The van der Waals surface area contributed by atoms with Crippen LogP contribution in [0, 0.1) is 0 Å². The summed E-state index contributed by atoms with van der Waals surface area (Å²) in [6, 6.07) is 5.42. The third-order valence-electron chi connectivity index (χ3n) is 2.36. The molecule has 0 aliphatic carbocycles. The first-order valence-corrected chi connectivity index (χ1v) is 5.40. The molecule has 3 N–H and O–H groups in total. The van der Waals surface area contributed by atoms with Crippen LogP contribution in [0.25, 0.3) is 0 Å². The Bertz CT molecular complexity index is 334. The number of benzene rings is 1. The zero-order chi connectivity index (χ0) is 12.0. The molecule has 0 aliphatic rings. The number of rotatable bonds is 6. The molecule has 0 aromatic heterocycles. The zero-order valence-corrected chi connectivity index (χ0v) is 11.0. The van der Waals surface area contributed by atoms with Crippen LogP contribution in [0.1, 0.15) is 24.9 Å².